The molecule has 0 atom stereocenters. The second-order valence-corrected chi connectivity index (χ2v) is 11.8. The molecule has 1 N–H and O–H groups in total. The summed E-state index contributed by atoms with van der Waals surface area (Å²) in [6, 6.07) is 17.5. The van der Waals surface area contributed by atoms with Crippen LogP contribution in [0.4, 0.5) is 10.5 Å². The van der Waals surface area contributed by atoms with Crippen LogP contribution in [0.1, 0.15) is 54.0 Å². The molecule has 0 aliphatic rings. The Hall–Kier alpha value is -3.56. The Kier molecular flexibility index (Phi) is 13.2. The number of aryl methyl sites for hydroxylation is 1. The summed E-state index contributed by atoms with van der Waals surface area (Å²) < 4.78 is 16.3. The minimum absolute atomic E-state index is 0.0294. The number of amides is 3. The number of rotatable bonds is 16. The van der Waals surface area contributed by atoms with Crippen molar-refractivity contribution in [3.8, 4) is 11.5 Å². The van der Waals surface area contributed by atoms with Crippen LogP contribution in [0.3, 0.4) is 0 Å². The minimum atomic E-state index is -0.302. The minimum Gasteiger partial charge on any atom is -0.493 e. The van der Waals surface area contributed by atoms with Crippen molar-refractivity contribution in [2.24, 2.45) is 0 Å². The van der Waals surface area contributed by atoms with Crippen LogP contribution in [0, 0.1) is 6.92 Å². The van der Waals surface area contributed by atoms with E-state index in [9.17, 15) is 9.59 Å². The monoisotopic (exact) mass is 595 g/mol. The van der Waals surface area contributed by atoms with Gasteiger partial charge < -0.3 is 29.3 Å². The number of hydrogen-bond donors (Lipinski definition) is 1. The average Bonchev–Trinajstić information content (AvgIpc) is 3.40. The smallest absolute Gasteiger partial charge is 0.322 e. The van der Waals surface area contributed by atoms with Crippen molar-refractivity contribution in [2.45, 2.75) is 53.0 Å². The third-order valence-electron chi connectivity index (χ3n) is 6.98. The number of methoxy groups -OCH3 is 2. The highest BCUT2D eigenvalue weighted by Crippen LogP contribution is 2.28. The molecule has 0 bridgehead atoms. The maximum Gasteiger partial charge on any atom is 0.322 e. The molecule has 1 heterocycles. The first-order valence-corrected chi connectivity index (χ1v) is 15.3. The molecule has 0 spiro atoms. The summed E-state index contributed by atoms with van der Waals surface area (Å²) in [4.78, 5) is 32.9. The van der Waals surface area contributed by atoms with Gasteiger partial charge in [0.25, 0.3) is 0 Å². The van der Waals surface area contributed by atoms with Crippen molar-refractivity contribution in [3.05, 3.63) is 75.5 Å². The molecule has 3 amide bonds. The van der Waals surface area contributed by atoms with Crippen LogP contribution in [0.15, 0.2) is 54.6 Å². The molecule has 1 aromatic heterocycles. The number of carbonyl (C=O) groups excluding carboxylic acids is 2. The van der Waals surface area contributed by atoms with Gasteiger partial charge in [-0.2, -0.15) is 0 Å². The van der Waals surface area contributed by atoms with Gasteiger partial charge in [0, 0.05) is 41.7 Å². The standard InChI is InChI=1S/C33H45N3O5S/c1-7-41-20-8-18-36(33(38)34-28-13-11-27(12-14-28)24(2)3)23-32(37)35(22-29-15-9-25(4)42-29)19-17-26-10-16-30(39-5)31(21-26)40-6/h9-16,21,24H,7-8,17-20,22-23H2,1-6H3,(H,34,38). The van der Waals surface area contributed by atoms with Gasteiger partial charge in [-0.3, -0.25) is 4.79 Å². The molecular weight excluding hydrogens is 550 g/mol. The summed E-state index contributed by atoms with van der Waals surface area (Å²) in [6.07, 6.45) is 1.27. The van der Waals surface area contributed by atoms with Gasteiger partial charge in [0.1, 0.15) is 6.54 Å². The number of hydrogen-bond acceptors (Lipinski definition) is 6. The molecule has 0 aliphatic heterocycles. The van der Waals surface area contributed by atoms with Gasteiger partial charge in [-0.1, -0.05) is 32.0 Å². The Morgan fingerprint density at radius 3 is 2.29 bits per heavy atom. The fraction of sp³-hybridized carbons (Fsp3) is 0.455. The van der Waals surface area contributed by atoms with Crippen molar-refractivity contribution >= 4 is 29.0 Å². The Bertz CT molecular complexity index is 1270. The van der Waals surface area contributed by atoms with Gasteiger partial charge >= 0.3 is 6.03 Å². The Morgan fingerprint density at radius 1 is 0.929 bits per heavy atom. The SMILES string of the molecule is CCOCCCN(CC(=O)N(CCc1ccc(OC)c(OC)c1)Cc1ccc(C)s1)C(=O)Nc1ccc(C(C)C)cc1. The fourth-order valence-corrected chi connectivity index (χ4v) is 5.43. The van der Waals surface area contributed by atoms with Crippen LogP contribution >= 0.6 is 11.3 Å². The third kappa shape index (κ3) is 10.1. The van der Waals surface area contributed by atoms with Crippen LogP contribution in [0.5, 0.6) is 11.5 Å². The summed E-state index contributed by atoms with van der Waals surface area (Å²) in [7, 11) is 3.22. The lowest BCUT2D eigenvalue weighted by Gasteiger charge is -2.28. The van der Waals surface area contributed by atoms with E-state index in [0.717, 1.165) is 10.4 Å². The van der Waals surface area contributed by atoms with Gasteiger partial charge in [-0.15, -0.1) is 11.3 Å². The van der Waals surface area contributed by atoms with E-state index in [-0.39, 0.29) is 18.5 Å². The number of nitrogens with zero attached hydrogens (tertiary/aromatic N) is 2. The number of thiophene rings is 1. The van der Waals surface area contributed by atoms with E-state index >= 15 is 0 Å². The maximum absolute atomic E-state index is 13.8. The van der Waals surface area contributed by atoms with E-state index in [0.29, 0.717) is 68.8 Å². The zero-order valence-electron chi connectivity index (χ0n) is 25.8. The van der Waals surface area contributed by atoms with E-state index in [1.807, 2.05) is 54.3 Å². The topological polar surface area (TPSA) is 80.3 Å². The van der Waals surface area contributed by atoms with E-state index < -0.39 is 0 Å². The van der Waals surface area contributed by atoms with Gasteiger partial charge in [0.2, 0.25) is 5.91 Å². The lowest BCUT2D eigenvalue weighted by atomic mass is 10.0. The summed E-state index contributed by atoms with van der Waals surface area (Å²) >= 11 is 1.68. The second kappa shape index (κ2) is 16.8. The second-order valence-electron chi connectivity index (χ2n) is 10.4. The van der Waals surface area contributed by atoms with Crippen LogP contribution < -0.4 is 14.8 Å². The lowest BCUT2D eigenvalue weighted by Crippen LogP contribution is -2.45. The Balaban J connectivity index is 1.76. The first kappa shape index (κ1) is 32.9. The van der Waals surface area contributed by atoms with E-state index in [2.05, 4.69) is 38.2 Å². The zero-order chi connectivity index (χ0) is 30.5. The van der Waals surface area contributed by atoms with Crippen molar-refractivity contribution in [2.75, 3.05) is 52.4 Å². The molecule has 3 aromatic rings. The van der Waals surface area contributed by atoms with E-state index in [1.165, 1.54) is 10.4 Å². The predicted molar refractivity (Wildman–Crippen MR) is 170 cm³/mol. The van der Waals surface area contributed by atoms with Crippen molar-refractivity contribution in [1.82, 2.24) is 9.80 Å². The third-order valence-corrected chi connectivity index (χ3v) is 7.96. The average molecular weight is 596 g/mol. The molecular formula is C33H45N3O5S. The highest BCUT2D eigenvalue weighted by molar-refractivity contribution is 7.11. The summed E-state index contributed by atoms with van der Waals surface area (Å²) in [6.45, 7) is 10.8. The molecule has 0 unspecified atom stereocenters. The molecule has 3 rings (SSSR count). The van der Waals surface area contributed by atoms with Crippen molar-refractivity contribution in [3.63, 3.8) is 0 Å². The Labute approximate surface area is 254 Å². The molecule has 2 aromatic carbocycles. The maximum atomic E-state index is 13.8. The fourth-order valence-electron chi connectivity index (χ4n) is 4.52. The molecule has 0 aliphatic carbocycles. The van der Waals surface area contributed by atoms with Crippen molar-refractivity contribution < 1.29 is 23.8 Å². The normalized spacial score (nSPS) is 10.9. The van der Waals surface area contributed by atoms with Crippen molar-refractivity contribution in [1.29, 1.82) is 0 Å². The lowest BCUT2D eigenvalue weighted by molar-refractivity contribution is -0.132. The van der Waals surface area contributed by atoms with Crippen LogP contribution in [0.25, 0.3) is 0 Å². The molecule has 0 fully saturated rings. The van der Waals surface area contributed by atoms with Gasteiger partial charge in [-0.05, 0) is 80.1 Å². The summed E-state index contributed by atoms with van der Waals surface area (Å²) in [5.41, 5.74) is 2.93. The highest BCUT2D eigenvalue weighted by atomic mass is 32.1. The molecule has 42 heavy (non-hydrogen) atoms. The first-order valence-electron chi connectivity index (χ1n) is 14.5. The number of ether oxygens (including phenoxy) is 3. The summed E-state index contributed by atoms with van der Waals surface area (Å²) in [5.74, 6) is 1.61. The van der Waals surface area contributed by atoms with Gasteiger partial charge in [0.15, 0.2) is 11.5 Å². The van der Waals surface area contributed by atoms with Crippen LogP contribution in [-0.4, -0.2) is 68.8 Å². The largest absolute Gasteiger partial charge is 0.493 e. The number of urea groups is 1. The van der Waals surface area contributed by atoms with Crippen LogP contribution in [0.2, 0.25) is 0 Å². The highest BCUT2D eigenvalue weighted by Gasteiger charge is 2.22. The van der Waals surface area contributed by atoms with E-state index in [1.54, 1.807) is 30.5 Å². The molecule has 0 saturated heterocycles. The number of anilines is 1. The number of carbonyl (C=O) groups is 2. The molecule has 8 nitrogen and oxygen atoms in total. The number of benzene rings is 2. The Morgan fingerprint density at radius 2 is 1.67 bits per heavy atom. The van der Waals surface area contributed by atoms with Gasteiger partial charge in [0.05, 0.1) is 20.8 Å². The molecule has 0 radical (unpaired) electrons. The van der Waals surface area contributed by atoms with E-state index in [4.69, 9.17) is 14.2 Å². The van der Waals surface area contributed by atoms with Crippen LogP contribution in [-0.2, 0) is 22.5 Å². The molecule has 0 saturated carbocycles. The number of nitrogens with one attached hydrogen (secondary N) is 1. The molecule has 228 valence electrons. The predicted octanol–water partition coefficient (Wildman–Crippen LogP) is 6.73. The quantitative estimate of drug-likeness (QED) is 0.186. The van der Waals surface area contributed by atoms with Gasteiger partial charge in [-0.25, -0.2) is 4.79 Å². The zero-order valence-corrected chi connectivity index (χ0v) is 26.6. The first-order chi connectivity index (χ1) is 20.2. The summed E-state index contributed by atoms with van der Waals surface area (Å²) in [5, 5.41) is 2.98. The molecule has 9 heteroatoms.